The van der Waals surface area contributed by atoms with Crippen molar-refractivity contribution in [2.75, 3.05) is 6.61 Å². The average Bonchev–Trinajstić information content (AvgIpc) is 2.53. The van der Waals surface area contributed by atoms with Crippen LogP contribution in [0.1, 0.15) is 29.7 Å². The Bertz CT molecular complexity index is 933. The van der Waals surface area contributed by atoms with Gasteiger partial charge in [-0.3, -0.25) is 4.79 Å². The van der Waals surface area contributed by atoms with Crippen molar-refractivity contribution in [1.82, 2.24) is 4.98 Å². The lowest BCUT2D eigenvalue weighted by atomic mass is 9.83. The molecule has 3 N–H and O–H groups in total. The topological polar surface area (TPSA) is 94.4 Å². The second-order valence-corrected chi connectivity index (χ2v) is 6.02. The molecular weight excluding hydrogens is 344 g/mol. The first-order valence-electron chi connectivity index (χ1n) is 7.76. The van der Waals surface area contributed by atoms with Gasteiger partial charge in [-0.2, -0.15) is 0 Å². The lowest BCUT2D eigenvalue weighted by Gasteiger charge is -2.28. The molecule has 0 spiro atoms. The summed E-state index contributed by atoms with van der Waals surface area (Å²) in [6, 6.07) is 8.64. The molecule has 0 saturated heterocycles. The van der Waals surface area contributed by atoms with Crippen LogP contribution in [0.15, 0.2) is 46.6 Å². The van der Waals surface area contributed by atoms with Crippen LogP contribution >= 0.6 is 11.6 Å². The predicted molar refractivity (Wildman–Crippen MR) is 93.6 cm³/mol. The van der Waals surface area contributed by atoms with E-state index in [0.717, 1.165) is 0 Å². The van der Waals surface area contributed by atoms with Crippen molar-refractivity contribution in [2.24, 2.45) is 5.73 Å². The Balaban J connectivity index is 2.30. The van der Waals surface area contributed by atoms with Crippen LogP contribution in [-0.2, 0) is 9.53 Å². The lowest BCUT2D eigenvalue weighted by Crippen LogP contribution is -2.32. The van der Waals surface area contributed by atoms with Gasteiger partial charge in [0.25, 0.3) is 5.56 Å². The minimum atomic E-state index is -0.777. The molecule has 0 fully saturated rings. The molecule has 1 aromatic carbocycles. The molecule has 0 saturated carbocycles. The summed E-state index contributed by atoms with van der Waals surface area (Å²) in [4.78, 5) is 27.8. The molecule has 7 heteroatoms. The highest BCUT2D eigenvalue weighted by molar-refractivity contribution is 6.31. The SMILES string of the molecule is CCOC(=O)C1=C(N)Oc2cc(C)[nH]c(=O)c2[C@@H]1c1ccccc1Cl. The fourth-order valence-corrected chi connectivity index (χ4v) is 3.18. The fourth-order valence-electron chi connectivity index (χ4n) is 2.93. The molecule has 3 rings (SSSR count). The molecule has 0 amide bonds. The fraction of sp³-hybridized carbons (Fsp3) is 0.222. The summed E-state index contributed by atoms with van der Waals surface area (Å²) in [5, 5.41) is 0.412. The van der Waals surface area contributed by atoms with Crippen molar-refractivity contribution in [2.45, 2.75) is 19.8 Å². The number of benzene rings is 1. The number of carbonyl (C=O) groups is 1. The maximum Gasteiger partial charge on any atom is 0.340 e. The predicted octanol–water partition coefficient (Wildman–Crippen LogP) is 2.59. The third-order valence-electron chi connectivity index (χ3n) is 3.94. The number of hydrogen-bond donors (Lipinski definition) is 2. The van der Waals surface area contributed by atoms with Crippen molar-refractivity contribution >= 4 is 17.6 Å². The van der Waals surface area contributed by atoms with E-state index in [0.29, 0.717) is 22.0 Å². The highest BCUT2D eigenvalue weighted by Crippen LogP contribution is 2.42. The number of nitrogens with two attached hydrogens (primary N) is 1. The number of hydrogen-bond acceptors (Lipinski definition) is 5. The average molecular weight is 361 g/mol. The van der Waals surface area contributed by atoms with E-state index in [4.69, 9.17) is 26.8 Å². The number of fused-ring (bicyclic) bond motifs is 1. The molecule has 0 aliphatic carbocycles. The van der Waals surface area contributed by atoms with Gasteiger partial charge in [-0.25, -0.2) is 4.79 Å². The summed E-state index contributed by atoms with van der Waals surface area (Å²) in [5.74, 6) is -1.21. The Kier molecular flexibility index (Phi) is 4.55. The third kappa shape index (κ3) is 3.00. The number of aryl methyl sites for hydroxylation is 1. The monoisotopic (exact) mass is 360 g/mol. The number of rotatable bonds is 3. The van der Waals surface area contributed by atoms with Gasteiger partial charge in [-0.1, -0.05) is 29.8 Å². The first-order chi connectivity index (χ1) is 11.9. The Morgan fingerprint density at radius 2 is 2.12 bits per heavy atom. The van der Waals surface area contributed by atoms with E-state index in [1.807, 2.05) is 0 Å². The standard InChI is InChI=1S/C18H17ClN2O4/c1-3-24-18(23)15-13(10-6-4-5-7-11(10)19)14-12(25-16(15)20)8-9(2)21-17(14)22/h4-8,13H,3,20H2,1-2H3,(H,21,22)/t13-/m0/s1. The highest BCUT2D eigenvalue weighted by atomic mass is 35.5. The molecule has 130 valence electrons. The largest absolute Gasteiger partial charge is 0.462 e. The number of aromatic nitrogens is 1. The van der Waals surface area contributed by atoms with Crippen LogP contribution in [0.3, 0.4) is 0 Å². The molecule has 0 bridgehead atoms. The van der Waals surface area contributed by atoms with E-state index >= 15 is 0 Å². The van der Waals surface area contributed by atoms with Crippen LogP contribution in [0, 0.1) is 6.92 Å². The second kappa shape index (κ2) is 6.64. The van der Waals surface area contributed by atoms with E-state index in [-0.39, 0.29) is 29.2 Å². The van der Waals surface area contributed by atoms with Crippen LogP contribution in [-0.4, -0.2) is 17.6 Å². The first kappa shape index (κ1) is 17.1. The van der Waals surface area contributed by atoms with Crippen molar-refractivity contribution in [3.8, 4) is 5.75 Å². The Morgan fingerprint density at radius 3 is 2.80 bits per heavy atom. The summed E-state index contributed by atoms with van der Waals surface area (Å²) >= 11 is 6.33. The van der Waals surface area contributed by atoms with Crippen molar-refractivity contribution in [1.29, 1.82) is 0 Å². The Morgan fingerprint density at radius 1 is 1.40 bits per heavy atom. The van der Waals surface area contributed by atoms with Crippen LogP contribution < -0.4 is 16.0 Å². The minimum Gasteiger partial charge on any atom is -0.462 e. The van der Waals surface area contributed by atoms with Gasteiger partial charge in [-0.15, -0.1) is 0 Å². The molecule has 2 aromatic rings. The van der Waals surface area contributed by atoms with Crippen LogP contribution in [0.5, 0.6) is 5.75 Å². The quantitative estimate of drug-likeness (QED) is 0.820. The number of esters is 1. The van der Waals surface area contributed by atoms with Gasteiger partial charge in [0.2, 0.25) is 5.88 Å². The molecule has 1 aromatic heterocycles. The van der Waals surface area contributed by atoms with Crippen molar-refractivity contribution in [3.05, 3.63) is 74.0 Å². The summed E-state index contributed by atoms with van der Waals surface area (Å²) in [7, 11) is 0. The molecule has 1 atom stereocenters. The van der Waals surface area contributed by atoms with Crippen LogP contribution in [0.25, 0.3) is 0 Å². The zero-order chi connectivity index (χ0) is 18.1. The van der Waals surface area contributed by atoms with Gasteiger partial charge in [0.15, 0.2) is 0 Å². The zero-order valence-electron chi connectivity index (χ0n) is 13.8. The van der Waals surface area contributed by atoms with Crippen molar-refractivity contribution < 1.29 is 14.3 Å². The maximum absolute atomic E-state index is 12.6. The molecule has 0 radical (unpaired) electrons. The molecule has 25 heavy (non-hydrogen) atoms. The number of pyridine rings is 1. The van der Waals surface area contributed by atoms with Gasteiger partial charge in [0.1, 0.15) is 11.3 Å². The van der Waals surface area contributed by atoms with Crippen molar-refractivity contribution in [3.63, 3.8) is 0 Å². The molecule has 0 unspecified atom stereocenters. The van der Waals surface area contributed by atoms with E-state index in [9.17, 15) is 9.59 Å². The van der Waals surface area contributed by atoms with E-state index in [1.165, 1.54) is 0 Å². The molecular formula is C18H17ClN2O4. The molecule has 1 aliphatic heterocycles. The lowest BCUT2D eigenvalue weighted by molar-refractivity contribution is -0.139. The number of H-pyrrole nitrogens is 1. The summed E-state index contributed by atoms with van der Waals surface area (Å²) < 4.78 is 10.7. The minimum absolute atomic E-state index is 0.0665. The smallest absolute Gasteiger partial charge is 0.340 e. The molecule has 2 heterocycles. The summed E-state index contributed by atoms with van der Waals surface area (Å²) in [6.07, 6.45) is 0. The van der Waals surface area contributed by atoms with E-state index in [2.05, 4.69) is 4.98 Å². The zero-order valence-corrected chi connectivity index (χ0v) is 14.5. The van der Waals surface area contributed by atoms with Gasteiger partial charge in [0.05, 0.1) is 18.1 Å². The summed E-state index contributed by atoms with van der Waals surface area (Å²) in [6.45, 7) is 3.59. The number of carbonyl (C=O) groups excluding carboxylic acids is 1. The number of ether oxygens (including phenoxy) is 2. The van der Waals surface area contributed by atoms with E-state index in [1.54, 1.807) is 44.2 Å². The Labute approximate surface area is 149 Å². The third-order valence-corrected chi connectivity index (χ3v) is 4.29. The Hall–Kier alpha value is -2.73. The van der Waals surface area contributed by atoms with Gasteiger partial charge < -0.3 is 20.2 Å². The van der Waals surface area contributed by atoms with E-state index < -0.39 is 11.9 Å². The molecule has 1 aliphatic rings. The first-order valence-corrected chi connectivity index (χ1v) is 8.14. The maximum atomic E-state index is 12.6. The normalized spacial score (nSPS) is 16.2. The second-order valence-electron chi connectivity index (χ2n) is 5.61. The van der Waals surface area contributed by atoms with Crippen LogP contribution in [0.2, 0.25) is 5.02 Å². The van der Waals surface area contributed by atoms with Gasteiger partial charge in [0, 0.05) is 16.8 Å². The highest BCUT2D eigenvalue weighted by Gasteiger charge is 2.38. The number of aromatic amines is 1. The molecule has 6 nitrogen and oxygen atoms in total. The van der Waals surface area contributed by atoms with Gasteiger partial charge >= 0.3 is 5.97 Å². The number of nitrogens with one attached hydrogen (secondary N) is 1. The van der Waals surface area contributed by atoms with Gasteiger partial charge in [-0.05, 0) is 25.5 Å². The number of halogens is 1. The van der Waals surface area contributed by atoms with Crippen LogP contribution in [0.4, 0.5) is 0 Å². The summed E-state index contributed by atoms with van der Waals surface area (Å²) in [5.41, 5.74) is 7.18.